The molecule has 0 aliphatic rings. The molecule has 2 rings (SSSR count). The first-order valence-corrected chi connectivity index (χ1v) is 8.18. The summed E-state index contributed by atoms with van der Waals surface area (Å²) < 4.78 is 6.79. The molecule has 0 heterocycles. The van der Waals surface area contributed by atoms with E-state index < -0.39 is 0 Å². The molecule has 2 aromatic rings. The molecule has 4 heteroatoms. The van der Waals surface area contributed by atoms with Crippen LogP contribution >= 0.6 is 27.5 Å². The molecule has 0 aliphatic heterocycles. The molecule has 0 spiro atoms. The second-order valence-corrected chi connectivity index (χ2v) is 6.31. The molecule has 2 N–H and O–H groups in total. The van der Waals surface area contributed by atoms with Crippen molar-refractivity contribution in [2.75, 3.05) is 13.2 Å². The van der Waals surface area contributed by atoms with Crippen molar-refractivity contribution in [3.8, 4) is 5.75 Å². The van der Waals surface area contributed by atoms with Gasteiger partial charge in [-0.2, -0.15) is 0 Å². The van der Waals surface area contributed by atoms with E-state index in [-0.39, 0.29) is 0 Å². The molecule has 0 aromatic heterocycles. The molecule has 0 fully saturated rings. The summed E-state index contributed by atoms with van der Waals surface area (Å²) in [4.78, 5) is 0. The quantitative estimate of drug-likeness (QED) is 0.769. The Balaban J connectivity index is 1.84. The first-order chi connectivity index (χ1) is 10.2. The van der Waals surface area contributed by atoms with Crippen molar-refractivity contribution in [1.29, 1.82) is 0 Å². The molecule has 0 amide bonds. The van der Waals surface area contributed by atoms with Crippen LogP contribution in [0, 0.1) is 5.92 Å². The summed E-state index contributed by atoms with van der Waals surface area (Å²) in [6.07, 6.45) is 1.80. The fraction of sp³-hybridized carbons (Fsp3) is 0.294. The summed E-state index contributed by atoms with van der Waals surface area (Å²) >= 11 is 9.63. The van der Waals surface area contributed by atoms with E-state index in [1.807, 2.05) is 42.5 Å². The number of ether oxygens (including phenoxy) is 1. The van der Waals surface area contributed by atoms with Crippen LogP contribution in [0.15, 0.2) is 53.0 Å². The van der Waals surface area contributed by atoms with Crippen molar-refractivity contribution >= 4 is 27.5 Å². The minimum absolute atomic E-state index is 0.372. The Morgan fingerprint density at radius 1 is 1.14 bits per heavy atom. The normalized spacial score (nSPS) is 12.1. The summed E-state index contributed by atoms with van der Waals surface area (Å²) in [6, 6.07) is 15.8. The highest BCUT2D eigenvalue weighted by atomic mass is 79.9. The van der Waals surface area contributed by atoms with Crippen LogP contribution in [-0.2, 0) is 6.42 Å². The average molecular weight is 369 g/mol. The zero-order chi connectivity index (χ0) is 15.1. The number of nitrogens with two attached hydrogens (primary N) is 1. The Labute approximate surface area is 139 Å². The molecule has 1 unspecified atom stereocenters. The van der Waals surface area contributed by atoms with Crippen LogP contribution in [0.25, 0.3) is 0 Å². The highest BCUT2D eigenvalue weighted by Crippen LogP contribution is 2.21. The number of halogens is 2. The third-order valence-corrected chi connectivity index (χ3v) is 4.25. The van der Waals surface area contributed by atoms with Gasteiger partial charge in [0.05, 0.1) is 6.61 Å². The van der Waals surface area contributed by atoms with Gasteiger partial charge in [-0.25, -0.2) is 0 Å². The minimum atomic E-state index is 0.372. The van der Waals surface area contributed by atoms with E-state index in [1.54, 1.807) is 0 Å². The Morgan fingerprint density at radius 3 is 2.67 bits per heavy atom. The van der Waals surface area contributed by atoms with Crippen LogP contribution in [0.5, 0.6) is 5.75 Å². The lowest BCUT2D eigenvalue weighted by Gasteiger charge is -2.16. The smallest absolute Gasteiger partial charge is 0.120 e. The summed E-state index contributed by atoms with van der Waals surface area (Å²) in [5, 5.41) is 0.809. The molecule has 2 aromatic carbocycles. The van der Waals surface area contributed by atoms with Crippen LogP contribution < -0.4 is 10.5 Å². The van der Waals surface area contributed by atoms with Gasteiger partial charge < -0.3 is 10.5 Å². The van der Waals surface area contributed by atoms with Crippen molar-refractivity contribution in [3.63, 3.8) is 0 Å². The average Bonchev–Trinajstić information content (AvgIpc) is 2.48. The fourth-order valence-corrected chi connectivity index (χ4v) is 2.77. The van der Waals surface area contributed by atoms with Gasteiger partial charge in [0.15, 0.2) is 0 Å². The standard InChI is InChI=1S/C17H19BrClNO/c18-15-5-3-6-16(11-15)21-9-8-13(12-20)10-14-4-1-2-7-17(14)19/h1-7,11,13H,8-10,12,20H2. The molecule has 0 saturated heterocycles. The molecule has 2 nitrogen and oxygen atoms in total. The Kier molecular flexibility index (Phi) is 6.55. The second-order valence-electron chi connectivity index (χ2n) is 4.99. The summed E-state index contributed by atoms with van der Waals surface area (Å²) in [5.41, 5.74) is 7.02. The maximum absolute atomic E-state index is 6.20. The lowest BCUT2D eigenvalue weighted by atomic mass is 9.96. The fourth-order valence-electron chi connectivity index (χ4n) is 2.18. The van der Waals surface area contributed by atoms with Crippen molar-refractivity contribution in [1.82, 2.24) is 0 Å². The van der Waals surface area contributed by atoms with Crippen molar-refractivity contribution in [2.45, 2.75) is 12.8 Å². The second kappa shape index (κ2) is 8.42. The van der Waals surface area contributed by atoms with Gasteiger partial charge in [-0.05, 0) is 55.1 Å². The summed E-state index contributed by atoms with van der Waals surface area (Å²) in [6.45, 7) is 1.29. The van der Waals surface area contributed by atoms with Gasteiger partial charge in [0.2, 0.25) is 0 Å². The maximum atomic E-state index is 6.20. The molecule has 0 saturated carbocycles. The highest BCUT2D eigenvalue weighted by Gasteiger charge is 2.10. The van der Waals surface area contributed by atoms with Crippen molar-refractivity contribution < 1.29 is 4.74 Å². The van der Waals surface area contributed by atoms with E-state index in [1.165, 1.54) is 0 Å². The van der Waals surface area contributed by atoms with Crippen LogP contribution in [0.2, 0.25) is 5.02 Å². The first-order valence-electron chi connectivity index (χ1n) is 7.01. The minimum Gasteiger partial charge on any atom is -0.494 e. The van der Waals surface area contributed by atoms with Gasteiger partial charge in [0.1, 0.15) is 5.75 Å². The third-order valence-electron chi connectivity index (χ3n) is 3.39. The number of hydrogen-bond donors (Lipinski definition) is 1. The van der Waals surface area contributed by atoms with Crippen LogP contribution in [0.4, 0.5) is 0 Å². The molecular formula is C17H19BrClNO. The predicted molar refractivity (Wildman–Crippen MR) is 92.0 cm³/mol. The molecular weight excluding hydrogens is 350 g/mol. The van der Waals surface area contributed by atoms with Crippen LogP contribution in [0.1, 0.15) is 12.0 Å². The first kappa shape index (κ1) is 16.3. The van der Waals surface area contributed by atoms with Gasteiger partial charge in [-0.15, -0.1) is 0 Å². The van der Waals surface area contributed by atoms with E-state index in [0.29, 0.717) is 19.1 Å². The van der Waals surface area contributed by atoms with Gasteiger partial charge in [0, 0.05) is 9.50 Å². The van der Waals surface area contributed by atoms with Crippen molar-refractivity contribution in [3.05, 3.63) is 63.6 Å². The van der Waals surface area contributed by atoms with Crippen molar-refractivity contribution in [2.24, 2.45) is 11.7 Å². The van der Waals surface area contributed by atoms with E-state index in [4.69, 9.17) is 22.1 Å². The van der Waals surface area contributed by atoms with Gasteiger partial charge >= 0.3 is 0 Å². The SMILES string of the molecule is NCC(CCOc1cccc(Br)c1)Cc1ccccc1Cl. The lowest BCUT2D eigenvalue weighted by molar-refractivity contribution is 0.278. The molecule has 0 aliphatic carbocycles. The van der Waals surface area contributed by atoms with E-state index in [9.17, 15) is 0 Å². The number of benzene rings is 2. The molecule has 0 bridgehead atoms. The van der Waals surface area contributed by atoms with Gasteiger partial charge in [-0.1, -0.05) is 51.8 Å². The number of hydrogen-bond acceptors (Lipinski definition) is 2. The zero-order valence-corrected chi connectivity index (χ0v) is 14.1. The number of rotatable bonds is 7. The Hall–Kier alpha value is -1.03. The topological polar surface area (TPSA) is 35.2 Å². The Morgan fingerprint density at radius 2 is 1.95 bits per heavy atom. The van der Waals surface area contributed by atoms with E-state index in [0.717, 1.165) is 33.6 Å². The van der Waals surface area contributed by atoms with Crippen LogP contribution in [0.3, 0.4) is 0 Å². The summed E-state index contributed by atoms with van der Waals surface area (Å²) in [5.74, 6) is 1.25. The van der Waals surface area contributed by atoms with Gasteiger partial charge in [0.25, 0.3) is 0 Å². The van der Waals surface area contributed by atoms with E-state index >= 15 is 0 Å². The highest BCUT2D eigenvalue weighted by molar-refractivity contribution is 9.10. The van der Waals surface area contributed by atoms with E-state index in [2.05, 4.69) is 22.0 Å². The maximum Gasteiger partial charge on any atom is 0.120 e. The molecule has 21 heavy (non-hydrogen) atoms. The predicted octanol–water partition coefficient (Wildman–Crippen LogP) is 4.69. The largest absolute Gasteiger partial charge is 0.494 e. The Bertz CT molecular complexity index is 576. The van der Waals surface area contributed by atoms with Crippen LogP contribution in [-0.4, -0.2) is 13.2 Å². The third kappa shape index (κ3) is 5.34. The molecule has 0 radical (unpaired) electrons. The van der Waals surface area contributed by atoms with Gasteiger partial charge in [-0.3, -0.25) is 0 Å². The molecule has 1 atom stereocenters. The lowest BCUT2D eigenvalue weighted by Crippen LogP contribution is -2.19. The molecule has 112 valence electrons. The monoisotopic (exact) mass is 367 g/mol. The zero-order valence-electron chi connectivity index (χ0n) is 11.8. The summed E-state index contributed by atoms with van der Waals surface area (Å²) in [7, 11) is 0.